The Hall–Kier alpha value is -0.420. The number of primary amides is 1. The largest absolute Gasteiger partial charge is 1.00 e. The first-order chi connectivity index (χ1) is 5.11. The highest BCUT2D eigenvalue weighted by molar-refractivity contribution is 7.09. The van der Waals surface area contributed by atoms with Gasteiger partial charge in [-0.2, -0.15) is 4.57 Å². The molecule has 0 unspecified atom stereocenters. The summed E-state index contributed by atoms with van der Waals surface area (Å²) in [7, 11) is 0. The molecule has 0 aromatic carbocycles. The van der Waals surface area contributed by atoms with Crippen molar-refractivity contribution in [3.05, 3.63) is 16.1 Å². The van der Waals surface area contributed by atoms with Gasteiger partial charge in [-0.25, -0.2) is 0 Å². The molecule has 1 amide bonds. The van der Waals surface area contributed by atoms with E-state index in [1.807, 2.05) is 23.9 Å². The van der Waals surface area contributed by atoms with E-state index in [-0.39, 0.29) is 29.4 Å². The molecule has 12 heavy (non-hydrogen) atoms. The van der Waals surface area contributed by atoms with Crippen LogP contribution in [-0.4, -0.2) is 5.91 Å². The average Bonchev–Trinajstić information content (AvgIpc) is 2.18. The van der Waals surface area contributed by atoms with Crippen LogP contribution in [0.2, 0.25) is 0 Å². The third-order valence-corrected chi connectivity index (χ3v) is 2.63. The van der Waals surface area contributed by atoms with Crippen molar-refractivity contribution in [2.45, 2.75) is 20.4 Å². The zero-order chi connectivity index (χ0) is 8.43. The number of rotatable bonds is 2. The van der Waals surface area contributed by atoms with Gasteiger partial charge in [-0.15, -0.1) is 0 Å². The van der Waals surface area contributed by atoms with Gasteiger partial charge in [0.15, 0.2) is 5.69 Å². The van der Waals surface area contributed by atoms with Crippen LogP contribution in [0.15, 0.2) is 5.51 Å². The van der Waals surface area contributed by atoms with Crippen molar-refractivity contribution in [2.24, 2.45) is 5.73 Å². The molecule has 0 saturated heterocycles. The third-order valence-electron chi connectivity index (χ3n) is 1.62. The highest BCUT2D eigenvalue weighted by Crippen LogP contribution is 2.07. The Morgan fingerprint density at radius 3 is 2.58 bits per heavy atom. The van der Waals surface area contributed by atoms with Crippen molar-refractivity contribution in [2.75, 3.05) is 0 Å². The van der Waals surface area contributed by atoms with Crippen LogP contribution in [0.25, 0.3) is 0 Å². The fourth-order valence-corrected chi connectivity index (χ4v) is 1.64. The van der Waals surface area contributed by atoms with Gasteiger partial charge in [0.25, 0.3) is 5.91 Å². The highest BCUT2D eigenvalue weighted by Gasteiger charge is 2.13. The van der Waals surface area contributed by atoms with E-state index in [4.69, 9.17) is 5.73 Å². The molecular formula is C7H11BrN2OS. The maximum atomic E-state index is 10.5. The number of nitrogens with zero attached hydrogens (tertiary/aromatic N) is 1. The predicted molar refractivity (Wildman–Crippen MR) is 43.2 cm³/mol. The second-order valence-corrected chi connectivity index (χ2v) is 3.52. The Balaban J connectivity index is 0.00000121. The molecule has 3 nitrogen and oxygen atoms in total. The lowest BCUT2D eigenvalue weighted by atomic mass is 10.4. The lowest BCUT2D eigenvalue weighted by molar-refractivity contribution is -0.685. The first-order valence-electron chi connectivity index (χ1n) is 3.33. The lowest BCUT2D eigenvalue weighted by Crippen LogP contribution is -3.00. The topological polar surface area (TPSA) is 47.0 Å². The summed E-state index contributed by atoms with van der Waals surface area (Å²) in [5, 5.41) is 0. The molecule has 0 saturated carbocycles. The smallest absolute Gasteiger partial charge is 0.283 e. The van der Waals surface area contributed by atoms with Crippen molar-refractivity contribution in [3.8, 4) is 0 Å². The standard InChI is InChI=1S/C7H10N2OS.BrH/c1-5-6(2)11-4-9(5)3-7(8)10;/h4H,3H2,1-2H3,(H-,8,10);1H. The SMILES string of the molecule is Cc1sc[n+](CC(N)=O)c1C.[Br-]. The molecule has 0 bridgehead atoms. The normalized spacial score (nSPS) is 9.17. The van der Waals surface area contributed by atoms with E-state index in [9.17, 15) is 4.79 Å². The van der Waals surface area contributed by atoms with E-state index < -0.39 is 0 Å². The van der Waals surface area contributed by atoms with Crippen LogP contribution < -0.4 is 27.3 Å². The molecule has 1 aromatic rings. The Kier molecular flexibility index (Phi) is 4.41. The van der Waals surface area contributed by atoms with E-state index in [0.29, 0.717) is 0 Å². The van der Waals surface area contributed by atoms with Gasteiger partial charge in [0, 0.05) is 6.92 Å². The monoisotopic (exact) mass is 250 g/mol. The summed E-state index contributed by atoms with van der Waals surface area (Å²) in [4.78, 5) is 11.8. The van der Waals surface area contributed by atoms with Crippen LogP contribution in [0.3, 0.4) is 0 Å². The summed E-state index contributed by atoms with van der Waals surface area (Å²) in [5.41, 5.74) is 8.08. The lowest BCUT2D eigenvalue weighted by Gasteiger charge is -1.89. The van der Waals surface area contributed by atoms with E-state index in [0.717, 1.165) is 5.69 Å². The fourth-order valence-electron chi connectivity index (χ4n) is 0.833. The van der Waals surface area contributed by atoms with Crippen molar-refractivity contribution in [3.63, 3.8) is 0 Å². The minimum Gasteiger partial charge on any atom is -1.00 e. The summed E-state index contributed by atoms with van der Waals surface area (Å²) in [6, 6.07) is 0. The summed E-state index contributed by atoms with van der Waals surface area (Å²) in [6.07, 6.45) is 0. The zero-order valence-electron chi connectivity index (χ0n) is 7.00. The number of hydrogen-bond donors (Lipinski definition) is 1. The number of aromatic nitrogens is 1. The molecule has 0 aliphatic carbocycles. The summed E-state index contributed by atoms with van der Waals surface area (Å²) in [5.74, 6) is -0.295. The zero-order valence-corrected chi connectivity index (χ0v) is 9.41. The van der Waals surface area contributed by atoms with Gasteiger partial charge in [-0.1, -0.05) is 11.3 Å². The maximum absolute atomic E-state index is 10.5. The van der Waals surface area contributed by atoms with Gasteiger partial charge in [-0.3, -0.25) is 4.79 Å². The van der Waals surface area contributed by atoms with Crippen LogP contribution in [-0.2, 0) is 11.3 Å². The van der Waals surface area contributed by atoms with Gasteiger partial charge < -0.3 is 22.7 Å². The number of halogens is 1. The van der Waals surface area contributed by atoms with Crippen molar-refractivity contribution in [1.82, 2.24) is 0 Å². The van der Waals surface area contributed by atoms with E-state index >= 15 is 0 Å². The number of thiazole rings is 1. The Morgan fingerprint density at radius 2 is 2.25 bits per heavy atom. The molecule has 0 radical (unpaired) electrons. The van der Waals surface area contributed by atoms with Crippen LogP contribution in [0, 0.1) is 13.8 Å². The van der Waals surface area contributed by atoms with Crippen LogP contribution in [0.4, 0.5) is 0 Å². The fraction of sp³-hybridized carbons (Fsp3) is 0.429. The van der Waals surface area contributed by atoms with Crippen molar-refractivity contribution in [1.29, 1.82) is 0 Å². The minimum absolute atomic E-state index is 0. The molecule has 5 heteroatoms. The van der Waals surface area contributed by atoms with Gasteiger partial charge in [0.1, 0.15) is 0 Å². The molecule has 2 N–H and O–H groups in total. The Labute approximate surface area is 86.0 Å². The van der Waals surface area contributed by atoms with Crippen LogP contribution >= 0.6 is 11.3 Å². The first kappa shape index (κ1) is 11.6. The third kappa shape index (κ3) is 2.57. The van der Waals surface area contributed by atoms with Gasteiger partial charge >= 0.3 is 0 Å². The number of nitrogens with two attached hydrogens (primary N) is 1. The quantitative estimate of drug-likeness (QED) is 0.565. The molecule has 0 aliphatic heterocycles. The summed E-state index contributed by atoms with van der Waals surface area (Å²) in [6.45, 7) is 4.29. The summed E-state index contributed by atoms with van der Waals surface area (Å²) >= 11 is 1.63. The second-order valence-electron chi connectivity index (χ2n) is 2.46. The number of amides is 1. The molecule has 0 aliphatic rings. The second kappa shape index (κ2) is 4.57. The predicted octanol–water partition coefficient (Wildman–Crippen LogP) is -2.86. The van der Waals surface area contributed by atoms with Crippen molar-refractivity contribution < 1.29 is 26.3 Å². The van der Waals surface area contributed by atoms with Crippen LogP contribution in [0.1, 0.15) is 10.6 Å². The minimum atomic E-state index is -0.295. The number of hydrogen-bond acceptors (Lipinski definition) is 2. The molecule has 0 spiro atoms. The molecule has 1 aromatic heterocycles. The summed E-state index contributed by atoms with van der Waals surface area (Å²) < 4.78 is 1.86. The van der Waals surface area contributed by atoms with Gasteiger partial charge in [0.05, 0.1) is 4.88 Å². The van der Waals surface area contributed by atoms with E-state index in [1.54, 1.807) is 11.3 Å². The molecule has 0 fully saturated rings. The number of carbonyl (C=O) groups excluding carboxylic acids is 1. The van der Waals surface area contributed by atoms with E-state index in [1.165, 1.54) is 4.88 Å². The number of carbonyl (C=O) groups is 1. The average molecular weight is 251 g/mol. The molecule has 68 valence electrons. The highest BCUT2D eigenvalue weighted by atomic mass is 79.9. The van der Waals surface area contributed by atoms with Crippen LogP contribution in [0.5, 0.6) is 0 Å². The molecule has 0 atom stereocenters. The Morgan fingerprint density at radius 1 is 1.67 bits per heavy atom. The van der Waals surface area contributed by atoms with Crippen molar-refractivity contribution >= 4 is 17.2 Å². The van der Waals surface area contributed by atoms with E-state index in [2.05, 4.69) is 0 Å². The molecule has 1 rings (SSSR count). The number of aryl methyl sites for hydroxylation is 1. The van der Waals surface area contributed by atoms with Gasteiger partial charge in [0.2, 0.25) is 12.1 Å². The maximum Gasteiger partial charge on any atom is 0.283 e. The van der Waals surface area contributed by atoms with Gasteiger partial charge in [-0.05, 0) is 6.92 Å². The molecule has 1 heterocycles. The molecular weight excluding hydrogens is 240 g/mol. The Bertz CT molecular complexity index is 285. The first-order valence-corrected chi connectivity index (χ1v) is 4.21.